The number of benzene rings is 1. The van der Waals surface area contributed by atoms with E-state index in [9.17, 15) is 13.2 Å². The third kappa shape index (κ3) is 3.92. The molecule has 6 nitrogen and oxygen atoms in total. The normalized spacial score (nSPS) is 15.9. The highest BCUT2D eigenvalue weighted by molar-refractivity contribution is 7.89. The van der Waals surface area contributed by atoms with Gasteiger partial charge in [0.2, 0.25) is 10.0 Å². The molecular weight excluding hydrogens is 360 g/mol. The molecule has 0 unspecified atom stereocenters. The third-order valence-electron chi connectivity index (χ3n) is 3.99. The molecule has 134 valence electrons. The summed E-state index contributed by atoms with van der Waals surface area (Å²) in [4.78, 5) is 14.6. The van der Waals surface area contributed by atoms with Crippen LogP contribution in [0.2, 0.25) is 0 Å². The highest BCUT2D eigenvalue weighted by Gasteiger charge is 2.26. The average Bonchev–Trinajstić information content (AvgIpc) is 2.94. The van der Waals surface area contributed by atoms with E-state index in [1.807, 2.05) is 19.9 Å². The van der Waals surface area contributed by atoms with E-state index in [1.54, 1.807) is 29.5 Å². The minimum absolute atomic E-state index is 0.172. The third-order valence-corrected chi connectivity index (χ3v) is 6.85. The molecule has 0 bridgehead atoms. The molecule has 1 fully saturated rings. The zero-order chi connectivity index (χ0) is 18.0. The van der Waals surface area contributed by atoms with Crippen LogP contribution in [0, 0.1) is 13.8 Å². The predicted molar refractivity (Wildman–Crippen MR) is 97.8 cm³/mol. The zero-order valence-corrected chi connectivity index (χ0v) is 15.7. The predicted octanol–water partition coefficient (Wildman–Crippen LogP) is 2.64. The van der Waals surface area contributed by atoms with Gasteiger partial charge in [0.1, 0.15) is 0 Å². The number of ether oxygens (including phenoxy) is 1. The molecule has 1 N–H and O–H groups in total. The van der Waals surface area contributed by atoms with Gasteiger partial charge in [-0.05, 0) is 38.1 Å². The number of morpholine rings is 1. The van der Waals surface area contributed by atoms with E-state index in [-0.39, 0.29) is 10.8 Å². The second kappa shape index (κ2) is 7.25. The lowest BCUT2D eigenvalue weighted by atomic mass is 10.2. The molecule has 0 radical (unpaired) electrons. The summed E-state index contributed by atoms with van der Waals surface area (Å²) in [6.07, 6.45) is 0. The Morgan fingerprint density at radius 1 is 1.20 bits per heavy atom. The quantitative estimate of drug-likeness (QED) is 0.885. The molecule has 2 aromatic rings. The number of anilines is 1. The smallest absolute Gasteiger partial charge is 0.256 e. The minimum Gasteiger partial charge on any atom is -0.379 e. The molecule has 1 aliphatic rings. The first kappa shape index (κ1) is 18.1. The fourth-order valence-electron chi connectivity index (χ4n) is 2.73. The number of sulfonamides is 1. The molecule has 3 rings (SSSR count). The number of carbonyl (C=O) groups excluding carboxylic acids is 1. The molecule has 0 saturated carbocycles. The van der Waals surface area contributed by atoms with Crippen molar-refractivity contribution >= 4 is 33.0 Å². The van der Waals surface area contributed by atoms with Crippen molar-refractivity contribution < 1.29 is 17.9 Å². The van der Waals surface area contributed by atoms with E-state index in [4.69, 9.17) is 4.74 Å². The standard InChI is InChI=1S/C17H20N2O4S2/c1-12-10-16(13(2)24-12)17(20)18-14-4-3-5-15(11-14)25(21,22)19-6-8-23-9-7-19/h3-5,10-11H,6-9H2,1-2H3,(H,18,20). The Kier molecular flexibility index (Phi) is 5.24. The van der Waals surface area contributed by atoms with Crippen molar-refractivity contribution in [3.05, 3.63) is 45.6 Å². The van der Waals surface area contributed by atoms with Crippen LogP contribution < -0.4 is 5.32 Å². The van der Waals surface area contributed by atoms with Gasteiger partial charge in [0.25, 0.3) is 5.91 Å². The molecule has 1 aliphatic heterocycles. The largest absolute Gasteiger partial charge is 0.379 e. The SMILES string of the molecule is Cc1cc(C(=O)Nc2cccc(S(=O)(=O)N3CCOCC3)c2)c(C)s1. The second-order valence-corrected chi connectivity index (χ2v) is 9.22. The van der Waals surface area contributed by atoms with Gasteiger partial charge in [-0.15, -0.1) is 11.3 Å². The van der Waals surface area contributed by atoms with Crippen LogP contribution in [0.25, 0.3) is 0 Å². The first-order valence-corrected chi connectivity index (χ1v) is 10.2. The van der Waals surface area contributed by atoms with Gasteiger partial charge in [0, 0.05) is 28.5 Å². The number of hydrogen-bond acceptors (Lipinski definition) is 5. The van der Waals surface area contributed by atoms with Crippen molar-refractivity contribution in [2.75, 3.05) is 31.6 Å². The van der Waals surface area contributed by atoms with Crippen LogP contribution >= 0.6 is 11.3 Å². The fraction of sp³-hybridized carbons (Fsp3) is 0.353. The van der Waals surface area contributed by atoms with E-state index < -0.39 is 10.0 Å². The molecular formula is C17H20N2O4S2. The van der Waals surface area contributed by atoms with E-state index in [2.05, 4.69) is 5.32 Å². The van der Waals surface area contributed by atoms with Gasteiger partial charge in [0.15, 0.2) is 0 Å². The van der Waals surface area contributed by atoms with Gasteiger partial charge < -0.3 is 10.1 Å². The summed E-state index contributed by atoms with van der Waals surface area (Å²) in [6.45, 7) is 5.31. The number of carbonyl (C=O) groups is 1. The molecule has 1 amide bonds. The highest BCUT2D eigenvalue weighted by Crippen LogP contribution is 2.24. The molecule has 1 aromatic carbocycles. The molecule has 25 heavy (non-hydrogen) atoms. The Balaban J connectivity index is 1.81. The summed E-state index contributed by atoms with van der Waals surface area (Å²) in [5.74, 6) is -0.234. The van der Waals surface area contributed by atoms with Crippen LogP contribution in [0.1, 0.15) is 20.1 Å². The highest BCUT2D eigenvalue weighted by atomic mass is 32.2. The van der Waals surface area contributed by atoms with Gasteiger partial charge in [-0.3, -0.25) is 4.79 Å². The number of aryl methyl sites for hydroxylation is 2. The first-order valence-electron chi connectivity index (χ1n) is 7.94. The molecule has 0 aliphatic carbocycles. The molecule has 8 heteroatoms. The van der Waals surface area contributed by atoms with Gasteiger partial charge in [-0.2, -0.15) is 4.31 Å². The summed E-state index contributed by atoms with van der Waals surface area (Å²) < 4.78 is 32.0. The maximum atomic E-state index is 12.7. The summed E-state index contributed by atoms with van der Waals surface area (Å²) in [5, 5.41) is 2.79. The van der Waals surface area contributed by atoms with Crippen LogP contribution in [-0.4, -0.2) is 44.9 Å². The van der Waals surface area contributed by atoms with Crippen LogP contribution in [0.5, 0.6) is 0 Å². The maximum absolute atomic E-state index is 12.7. The molecule has 0 spiro atoms. The van der Waals surface area contributed by atoms with Gasteiger partial charge in [0.05, 0.1) is 23.7 Å². The lowest BCUT2D eigenvalue weighted by molar-refractivity contribution is 0.0730. The Hall–Kier alpha value is -1.74. The summed E-state index contributed by atoms with van der Waals surface area (Å²) in [5.41, 5.74) is 1.08. The minimum atomic E-state index is -3.58. The monoisotopic (exact) mass is 380 g/mol. The summed E-state index contributed by atoms with van der Waals surface area (Å²) in [7, 11) is -3.58. The molecule has 1 aromatic heterocycles. The number of nitrogens with one attached hydrogen (secondary N) is 1. The summed E-state index contributed by atoms with van der Waals surface area (Å²) >= 11 is 1.56. The van der Waals surface area contributed by atoms with E-state index in [1.165, 1.54) is 10.4 Å². The first-order chi connectivity index (χ1) is 11.9. The Bertz CT molecular complexity index is 884. The van der Waals surface area contributed by atoms with Crippen LogP contribution in [0.4, 0.5) is 5.69 Å². The van der Waals surface area contributed by atoms with Gasteiger partial charge in [-0.25, -0.2) is 8.42 Å². The Labute approximate surface area is 151 Å². The number of hydrogen-bond donors (Lipinski definition) is 1. The molecule has 2 heterocycles. The molecule has 0 atom stereocenters. The van der Waals surface area contributed by atoms with Gasteiger partial charge in [-0.1, -0.05) is 6.07 Å². The number of amides is 1. The van der Waals surface area contributed by atoms with Crippen molar-refractivity contribution in [3.63, 3.8) is 0 Å². The van der Waals surface area contributed by atoms with Crippen LogP contribution in [-0.2, 0) is 14.8 Å². The topological polar surface area (TPSA) is 75.7 Å². The van der Waals surface area contributed by atoms with Crippen molar-refractivity contribution in [1.82, 2.24) is 4.31 Å². The summed E-state index contributed by atoms with van der Waals surface area (Å²) in [6, 6.07) is 8.20. The maximum Gasteiger partial charge on any atom is 0.256 e. The van der Waals surface area contributed by atoms with Crippen molar-refractivity contribution in [3.8, 4) is 0 Å². The number of thiophene rings is 1. The number of rotatable bonds is 4. The van der Waals surface area contributed by atoms with Gasteiger partial charge >= 0.3 is 0 Å². The zero-order valence-electron chi connectivity index (χ0n) is 14.1. The Morgan fingerprint density at radius 3 is 2.56 bits per heavy atom. The van der Waals surface area contributed by atoms with Crippen molar-refractivity contribution in [2.45, 2.75) is 18.7 Å². The average molecular weight is 380 g/mol. The number of nitrogens with zero attached hydrogens (tertiary/aromatic N) is 1. The van der Waals surface area contributed by atoms with E-state index >= 15 is 0 Å². The lowest BCUT2D eigenvalue weighted by Crippen LogP contribution is -2.40. The van der Waals surface area contributed by atoms with E-state index in [0.29, 0.717) is 37.6 Å². The van der Waals surface area contributed by atoms with Crippen molar-refractivity contribution in [1.29, 1.82) is 0 Å². The lowest BCUT2D eigenvalue weighted by Gasteiger charge is -2.26. The second-order valence-electron chi connectivity index (χ2n) is 5.83. The Morgan fingerprint density at radius 2 is 1.92 bits per heavy atom. The van der Waals surface area contributed by atoms with Crippen LogP contribution in [0.15, 0.2) is 35.2 Å². The van der Waals surface area contributed by atoms with Crippen molar-refractivity contribution in [2.24, 2.45) is 0 Å². The van der Waals surface area contributed by atoms with E-state index in [0.717, 1.165) is 9.75 Å². The van der Waals surface area contributed by atoms with Crippen LogP contribution in [0.3, 0.4) is 0 Å². The molecule has 1 saturated heterocycles. The fourth-order valence-corrected chi connectivity index (χ4v) is 5.10.